The minimum Gasteiger partial charge on any atom is -0.544 e. The van der Waals surface area contributed by atoms with E-state index in [1.54, 1.807) is 24.3 Å². The largest absolute Gasteiger partial charge is 1.00 e. The van der Waals surface area contributed by atoms with E-state index in [0.29, 0.717) is 6.42 Å². The number of hydrogen-bond acceptors (Lipinski definition) is 2. The van der Waals surface area contributed by atoms with Crippen molar-refractivity contribution in [2.45, 2.75) is 37.9 Å². The van der Waals surface area contributed by atoms with Gasteiger partial charge in [0.15, 0.2) is 0 Å². The number of rotatable bonds is 4. The Bertz CT molecular complexity index is 580. The third kappa shape index (κ3) is 7.33. The summed E-state index contributed by atoms with van der Waals surface area (Å²) >= 11 is 0. The molecule has 0 radical (unpaired) electrons. The SMILES string of the molecule is Cc1ccc(S(=O)(=O)[N-]CCC#C[Si](C)(C)C)cc1.[Li+]. The van der Waals surface area contributed by atoms with Crippen LogP contribution in [0.2, 0.25) is 19.6 Å². The first-order valence-electron chi connectivity index (χ1n) is 6.21. The summed E-state index contributed by atoms with van der Waals surface area (Å²) in [6.45, 7) is 8.60. The van der Waals surface area contributed by atoms with E-state index in [2.05, 4.69) is 35.8 Å². The molecule has 0 atom stereocenters. The van der Waals surface area contributed by atoms with Crippen LogP contribution in [0.1, 0.15) is 12.0 Å². The summed E-state index contributed by atoms with van der Waals surface area (Å²) in [6, 6.07) is 6.71. The van der Waals surface area contributed by atoms with E-state index in [0.717, 1.165) is 5.56 Å². The molecule has 0 fully saturated rings. The Morgan fingerprint density at radius 3 is 2.20 bits per heavy atom. The van der Waals surface area contributed by atoms with Gasteiger partial charge in [0, 0.05) is 4.90 Å². The molecule has 0 aliphatic carbocycles. The summed E-state index contributed by atoms with van der Waals surface area (Å²) in [5, 5.41) is 0. The van der Waals surface area contributed by atoms with Crippen molar-refractivity contribution in [2.24, 2.45) is 0 Å². The van der Waals surface area contributed by atoms with Gasteiger partial charge in [-0.3, -0.25) is 0 Å². The molecule has 0 aromatic heterocycles. The molecule has 104 valence electrons. The van der Waals surface area contributed by atoms with Crippen LogP contribution < -0.4 is 18.9 Å². The smallest absolute Gasteiger partial charge is 0.544 e. The zero-order valence-corrected chi connectivity index (χ0v) is 14.7. The fourth-order valence-electron chi connectivity index (χ4n) is 1.33. The molecule has 20 heavy (non-hydrogen) atoms. The molecule has 0 bridgehead atoms. The maximum absolute atomic E-state index is 11.9. The number of benzene rings is 1. The summed E-state index contributed by atoms with van der Waals surface area (Å²) in [7, 11) is -4.90. The Morgan fingerprint density at radius 1 is 1.15 bits per heavy atom. The molecular formula is C14H20LiNO2SSi. The maximum Gasteiger partial charge on any atom is 1.00 e. The predicted octanol–water partition coefficient (Wildman–Crippen LogP) is 0.332. The zero-order valence-electron chi connectivity index (χ0n) is 12.9. The predicted molar refractivity (Wildman–Crippen MR) is 82.3 cm³/mol. The van der Waals surface area contributed by atoms with E-state index in [-0.39, 0.29) is 30.3 Å². The van der Waals surface area contributed by atoms with Crippen molar-refractivity contribution in [3.8, 4) is 11.5 Å². The standard InChI is InChI=1S/C14H20NO2SSi.Li/c1-13-7-9-14(10-8-13)18(16,17)15-11-5-6-12-19(2,3)4;/h7-10H,5,11H2,1-4H3;/q-1;+1. The van der Waals surface area contributed by atoms with Gasteiger partial charge in [-0.1, -0.05) is 37.3 Å². The molecular weight excluding hydrogens is 281 g/mol. The maximum atomic E-state index is 11.9. The fourth-order valence-corrected chi connectivity index (χ4v) is 2.95. The molecule has 0 aliphatic rings. The van der Waals surface area contributed by atoms with E-state index in [1.807, 2.05) is 6.92 Å². The van der Waals surface area contributed by atoms with Crippen LogP contribution in [0.25, 0.3) is 4.72 Å². The molecule has 1 aromatic rings. The Kier molecular flexibility index (Phi) is 7.87. The van der Waals surface area contributed by atoms with Crippen LogP contribution in [0.3, 0.4) is 0 Å². The number of nitrogens with zero attached hydrogens (tertiary/aromatic N) is 1. The van der Waals surface area contributed by atoms with Crippen molar-refractivity contribution in [3.05, 3.63) is 34.6 Å². The van der Waals surface area contributed by atoms with Crippen LogP contribution in [0, 0.1) is 18.4 Å². The second-order valence-electron chi connectivity index (χ2n) is 5.44. The number of hydrogen-bond donors (Lipinski definition) is 0. The molecule has 3 nitrogen and oxygen atoms in total. The van der Waals surface area contributed by atoms with Crippen LogP contribution in [0.15, 0.2) is 29.2 Å². The summed E-state index contributed by atoms with van der Waals surface area (Å²) in [5.41, 5.74) is 4.22. The fraction of sp³-hybridized carbons (Fsp3) is 0.429. The summed E-state index contributed by atoms with van der Waals surface area (Å²) in [6.07, 6.45) is 0.495. The molecule has 1 aromatic carbocycles. The first-order chi connectivity index (χ1) is 8.71. The Hall–Kier alpha value is -0.496. The Labute approximate surface area is 135 Å². The third-order valence-electron chi connectivity index (χ3n) is 2.28. The monoisotopic (exact) mass is 301 g/mol. The average Bonchev–Trinajstić information content (AvgIpc) is 2.27. The van der Waals surface area contributed by atoms with E-state index < -0.39 is 18.1 Å². The van der Waals surface area contributed by atoms with Gasteiger partial charge in [-0.15, -0.1) is 18.0 Å². The minimum atomic E-state index is -3.52. The summed E-state index contributed by atoms with van der Waals surface area (Å²) in [4.78, 5) is 0.247. The first-order valence-corrected chi connectivity index (χ1v) is 11.2. The van der Waals surface area contributed by atoms with Gasteiger partial charge in [0.1, 0.15) is 18.1 Å². The second kappa shape index (κ2) is 8.07. The molecule has 0 unspecified atom stereocenters. The number of aryl methyl sites for hydroxylation is 1. The Morgan fingerprint density at radius 2 is 1.70 bits per heavy atom. The molecule has 0 N–H and O–H groups in total. The van der Waals surface area contributed by atoms with Gasteiger partial charge in [-0.05, 0) is 25.5 Å². The third-order valence-corrected chi connectivity index (χ3v) is 4.60. The Balaban J connectivity index is 0.00000361. The normalized spacial score (nSPS) is 11.2. The van der Waals surface area contributed by atoms with Crippen LogP contribution in [0.4, 0.5) is 0 Å². The molecule has 0 aliphatic heterocycles. The molecule has 0 amide bonds. The van der Waals surface area contributed by atoms with Gasteiger partial charge in [-0.25, -0.2) is 8.42 Å². The van der Waals surface area contributed by atoms with Crippen LogP contribution in [-0.4, -0.2) is 23.0 Å². The van der Waals surface area contributed by atoms with Gasteiger partial charge in [0.25, 0.3) is 0 Å². The quantitative estimate of drug-likeness (QED) is 0.457. The molecule has 0 saturated carbocycles. The molecule has 6 heteroatoms. The van der Waals surface area contributed by atoms with Crippen molar-refractivity contribution in [3.63, 3.8) is 0 Å². The van der Waals surface area contributed by atoms with Crippen molar-refractivity contribution in [1.82, 2.24) is 0 Å². The summed E-state index contributed by atoms with van der Waals surface area (Å²) in [5.74, 6) is 3.01. The van der Waals surface area contributed by atoms with Crippen LogP contribution >= 0.6 is 0 Å². The van der Waals surface area contributed by atoms with Gasteiger partial charge >= 0.3 is 18.9 Å². The average molecular weight is 301 g/mol. The topological polar surface area (TPSA) is 48.2 Å². The molecule has 0 saturated heterocycles. The first kappa shape index (κ1) is 19.5. The van der Waals surface area contributed by atoms with Crippen molar-refractivity contribution >= 4 is 18.1 Å². The molecule has 1 rings (SSSR count). The minimum absolute atomic E-state index is 0. The van der Waals surface area contributed by atoms with Crippen molar-refractivity contribution < 1.29 is 27.3 Å². The molecule has 0 heterocycles. The van der Waals surface area contributed by atoms with Gasteiger partial charge in [-0.2, -0.15) is 0 Å². The van der Waals surface area contributed by atoms with E-state index in [9.17, 15) is 8.42 Å². The van der Waals surface area contributed by atoms with Gasteiger partial charge < -0.3 is 4.72 Å². The number of sulfonamides is 1. The van der Waals surface area contributed by atoms with E-state index in [1.165, 1.54) is 0 Å². The molecule has 0 spiro atoms. The van der Waals surface area contributed by atoms with Crippen molar-refractivity contribution in [2.75, 3.05) is 6.54 Å². The van der Waals surface area contributed by atoms with Gasteiger partial charge in [0.2, 0.25) is 0 Å². The van der Waals surface area contributed by atoms with Crippen LogP contribution in [0.5, 0.6) is 0 Å². The van der Waals surface area contributed by atoms with E-state index >= 15 is 0 Å². The van der Waals surface area contributed by atoms with Gasteiger partial charge in [0.05, 0.1) is 0 Å². The van der Waals surface area contributed by atoms with E-state index in [4.69, 9.17) is 0 Å². The van der Waals surface area contributed by atoms with Crippen molar-refractivity contribution in [1.29, 1.82) is 0 Å². The summed E-state index contributed by atoms with van der Waals surface area (Å²) < 4.78 is 27.6. The zero-order chi connectivity index (χ0) is 14.5. The van der Waals surface area contributed by atoms with Crippen LogP contribution in [-0.2, 0) is 10.0 Å². The second-order valence-corrected chi connectivity index (χ2v) is 11.9.